The number of aliphatic hydroxyl groups is 2. The van der Waals surface area contributed by atoms with E-state index in [9.17, 15) is 30.0 Å². The summed E-state index contributed by atoms with van der Waals surface area (Å²) < 4.78 is 12.7. The van der Waals surface area contributed by atoms with E-state index in [-0.39, 0.29) is 28.7 Å². The van der Waals surface area contributed by atoms with Crippen LogP contribution >= 0.6 is 11.6 Å². The van der Waals surface area contributed by atoms with E-state index in [4.69, 9.17) is 26.8 Å². The minimum absolute atomic E-state index is 0.00418. The first-order chi connectivity index (χ1) is 17.0. The topological polar surface area (TPSA) is 203 Å². The molecule has 4 atom stereocenters. The molecule has 1 aliphatic rings. The van der Waals surface area contributed by atoms with Gasteiger partial charge in [-0.05, 0) is 23.6 Å². The fourth-order valence-electron chi connectivity index (χ4n) is 4.25. The van der Waals surface area contributed by atoms with Crippen molar-refractivity contribution in [1.29, 1.82) is 0 Å². The Kier molecular flexibility index (Phi) is 6.86. The van der Waals surface area contributed by atoms with Gasteiger partial charge in [-0.1, -0.05) is 37.3 Å². The van der Waals surface area contributed by atoms with Gasteiger partial charge in [-0.15, -0.1) is 0 Å². The number of carboxylic acid groups (broad SMARTS) is 2. The molecule has 0 spiro atoms. The number of anilines is 1. The number of benzene rings is 1. The van der Waals surface area contributed by atoms with Crippen LogP contribution in [0.15, 0.2) is 36.7 Å². The summed E-state index contributed by atoms with van der Waals surface area (Å²) in [4.78, 5) is 36.2. The first-order valence-electron chi connectivity index (χ1n) is 10.9. The number of nitrogen functional groups attached to an aromatic ring is 1. The van der Waals surface area contributed by atoms with Crippen LogP contribution in [0.5, 0.6) is 0 Å². The van der Waals surface area contributed by atoms with Crippen molar-refractivity contribution in [2.24, 2.45) is 0 Å². The van der Waals surface area contributed by atoms with Gasteiger partial charge < -0.3 is 35.6 Å². The fraction of sp³-hybridized carbons (Fsp3) is 0.409. The Morgan fingerprint density at radius 3 is 2.53 bits per heavy atom. The molecule has 1 fully saturated rings. The maximum absolute atomic E-state index is 12.1. The van der Waals surface area contributed by atoms with E-state index >= 15 is 0 Å². The van der Waals surface area contributed by atoms with E-state index in [0.717, 1.165) is 0 Å². The van der Waals surface area contributed by atoms with E-state index in [1.54, 1.807) is 37.3 Å². The second kappa shape index (κ2) is 9.59. The van der Waals surface area contributed by atoms with Gasteiger partial charge in [0.2, 0.25) is 5.28 Å². The molecule has 0 unspecified atom stereocenters. The Bertz CT molecular complexity index is 1270. The lowest BCUT2D eigenvalue weighted by Gasteiger charge is -2.32. The Labute approximate surface area is 209 Å². The summed E-state index contributed by atoms with van der Waals surface area (Å²) >= 11 is 5.91. The zero-order valence-electron chi connectivity index (χ0n) is 19.0. The maximum atomic E-state index is 12.1. The van der Waals surface area contributed by atoms with Crippen LogP contribution in [0.3, 0.4) is 0 Å². The number of ether oxygens (including phenoxy) is 2. The third kappa shape index (κ3) is 4.24. The lowest BCUT2D eigenvalue weighted by Crippen LogP contribution is -2.55. The molecule has 36 heavy (non-hydrogen) atoms. The molecular weight excluding hydrogens is 498 g/mol. The SMILES string of the molecule is CC[C@@]1(O)[C@@H](COC(Cc2ccccc2)(C(=O)O)C(=O)O)O[C@@H](n2cnc3c(N)nc(Cl)nc32)[C@@H]1O. The molecule has 3 heterocycles. The molecule has 14 heteroatoms. The van der Waals surface area contributed by atoms with Crippen LogP contribution in [0.2, 0.25) is 5.28 Å². The highest BCUT2D eigenvalue weighted by molar-refractivity contribution is 6.28. The smallest absolute Gasteiger partial charge is 0.348 e. The quantitative estimate of drug-likeness (QED) is 0.194. The number of aromatic nitrogens is 4. The van der Waals surface area contributed by atoms with Gasteiger partial charge in [0.15, 0.2) is 17.7 Å². The van der Waals surface area contributed by atoms with E-state index in [1.807, 2.05) is 0 Å². The number of carbonyl (C=O) groups is 2. The predicted molar refractivity (Wildman–Crippen MR) is 124 cm³/mol. The Balaban J connectivity index is 1.65. The minimum Gasteiger partial charge on any atom is -0.479 e. The van der Waals surface area contributed by atoms with Crippen LogP contribution in [0.4, 0.5) is 5.82 Å². The minimum atomic E-state index is -2.67. The van der Waals surface area contributed by atoms with Gasteiger partial charge in [0.05, 0.1) is 12.9 Å². The van der Waals surface area contributed by atoms with Crippen LogP contribution in [-0.4, -0.2) is 81.9 Å². The third-order valence-electron chi connectivity index (χ3n) is 6.37. The number of carboxylic acids is 2. The number of hydrogen-bond acceptors (Lipinski definition) is 10. The number of hydrogen-bond donors (Lipinski definition) is 5. The van der Waals surface area contributed by atoms with E-state index in [1.165, 1.54) is 10.9 Å². The van der Waals surface area contributed by atoms with Gasteiger partial charge in [0, 0.05) is 6.42 Å². The van der Waals surface area contributed by atoms with Gasteiger partial charge in [0.25, 0.3) is 5.60 Å². The number of nitrogens with zero attached hydrogens (tertiary/aromatic N) is 4. The van der Waals surface area contributed by atoms with Gasteiger partial charge in [-0.25, -0.2) is 14.6 Å². The second-order valence-corrected chi connectivity index (χ2v) is 8.76. The number of aliphatic carboxylic acids is 2. The van der Waals surface area contributed by atoms with Crippen molar-refractivity contribution in [2.75, 3.05) is 12.3 Å². The third-order valence-corrected chi connectivity index (χ3v) is 6.54. The Morgan fingerprint density at radius 1 is 1.25 bits per heavy atom. The molecule has 1 aliphatic heterocycles. The van der Waals surface area contributed by atoms with Crippen molar-refractivity contribution in [1.82, 2.24) is 19.5 Å². The van der Waals surface area contributed by atoms with Crippen molar-refractivity contribution in [3.63, 3.8) is 0 Å². The number of nitrogens with two attached hydrogens (primary N) is 1. The van der Waals surface area contributed by atoms with Gasteiger partial charge in [0.1, 0.15) is 23.3 Å². The summed E-state index contributed by atoms with van der Waals surface area (Å²) in [5, 5.41) is 41.8. The zero-order valence-corrected chi connectivity index (χ0v) is 19.7. The molecule has 0 bridgehead atoms. The first kappa shape index (κ1) is 25.7. The monoisotopic (exact) mass is 521 g/mol. The standard InChI is InChI=1S/C22H24ClN5O8/c1-2-21(34)12(9-35-22(18(30)31,19(32)33)8-11-6-4-3-5-7-11)36-17(14(21)29)28-10-25-13-15(24)26-20(23)27-16(13)28/h3-7,10,12,14,17,29,34H,2,8-9H2,1H3,(H,30,31)(H,32,33)(H2,24,26,27)/t12-,14+,17-,21-/m1/s1. The molecule has 3 aromatic rings. The van der Waals surface area contributed by atoms with Gasteiger partial charge in [-0.3, -0.25) is 4.57 Å². The molecule has 4 rings (SSSR count). The van der Waals surface area contributed by atoms with E-state index < -0.39 is 54.6 Å². The lowest BCUT2D eigenvalue weighted by atomic mass is 9.89. The molecule has 0 radical (unpaired) electrons. The molecule has 13 nitrogen and oxygen atoms in total. The van der Waals surface area contributed by atoms with Crippen molar-refractivity contribution in [3.05, 3.63) is 47.5 Å². The average molecular weight is 522 g/mol. The van der Waals surface area contributed by atoms with Crippen LogP contribution < -0.4 is 5.73 Å². The van der Waals surface area contributed by atoms with Crippen LogP contribution in [-0.2, 0) is 25.5 Å². The molecule has 0 amide bonds. The summed E-state index contributed by atoms with van der Waals surface area (Å²) in [7, 11) is 0. The van der Waals surface area contributed by atoms with E-state index in [0.29, 0.717) is 5.56 Å². The summed E-state index contributed by atoms with van der Waals surface area (Å²) in [6, 6.07) is 8.12. The number of halogens is 1. The summed E-state index contributed by atoms with van der Waals surface area (Å²) in [6.45, 7) is 0.921. The number of rotatable bonds is 9. The highest BCUT2D eigenvalue weighted by atomic mass is 35.5. The molecule has 1 saturated heterocycles. The molecule has 2 aromatic heterocycles. The lowest BCUT2D eigenvalue weighted by molar-refractivity contribution is -0.193. The summed E-state index contributed by atoms with van der Waals surface area (Å²) in [5.74, 6) is -3.46. The zero-order chi connectivity index (χ0) is 26.3. The highest BCUT2D eigenvalue weighted by Crippen LogP contribution is 2.41. The molecular formula is C22H24ClN5O8. The van der Waals surface area contributed by atoms with Crippen LogP contribution in [0.25, 0.3) is 11.2 Å². The Morgan fingerprint density at radius 2 is 1.92 bits per heavy atom. The summed E-state index contributed by atoms with van der Waals surface area (Å²) in [5.41, 5.74) is 1.97. The Hall–Kier alpha value is -3.36. The van der Waals surface area contributed by atoms with Gasteiger partial charge in [-0.2, -0.15) is 9.97 Å². The second-order valence-electron chi connectivity index (χ2n) is 8.42. The van der Waals surface area contributed by atoms with Crippen molar-refractivity contribution in [2.45, 2.75) is 49.4 Å². The summed E-state index contributed by atoms with van der Waals surface area (Å²) in [6.07, 6.45) is -3.37. The first-order valence-corrected chi connectivity index (χ1v) is 11.3. The van der Waals surface area contributed by atoms with Crippen molar-refractivity contribution < 1.29 is 39.5 Å². The molecule has 0 aliphatic carbocycles. The normalized spacial score (nSPS) is 24.3. The predicted octanol–water partition coefficient (Wildman–Crippen LogP) is 0.629. The molecule has 192 valence electrons. The average Bonchev–Trinajstić information content (AvgIpc) is 3.36. The molecule has 0 saturated carbocycles. The maximum Gasteiger partial charge on any atom is 0.348 e. The van der Waals surface area contributed by atoms with Crippen LogP contribution in [0, 0.1) is 0 Å². The van der Waals surface area contributed by atoms with Crippen molar-refractivity contribution in [3.8, 4) is 0 Å². The van der Waals surface area contributed by atoms with Crippen LogP contribution in [0.1, 0.15) is 25.1 Å². The largest absolute Gasteiger partial charge is 0.479 e. The highest BCUT2D eigenvalue weighted by Gasteiger charge is 2.57. The van der Waals surface area contributed by atoms with Crippen molar-refractivity contribution >= 4 is 40.5 Å². The number of imidazole rings is 1. The molecule has 1 aromatic carbocycles. The van der Waals surface area contributed by atoms with Gasteiger partial charge >= 0.3 is 11.9 Å². The number of aliphatic hydroxyl groups excluding tert-OH is 1. The molecule has 6 N–H and O–H groups in total. The number of fused-ring (bicyclic) bond motifs is 1. The fourth-order valence-corrected chi connectivity index (χ4v) is 4.42. The van der Waals surface area contributed by atoms with E-state index in [2.05, 4.69) is 15.0 Å².